The van der Waals surface area contributed by atoms with Gasteiger partial charge in [0, 0.05) is 12.5 Å². The number of hydrogen-bond acceptors (Lipinski definition) is 2. The molecule has 0 saturated heterocycles. The fraction of sp³-hybridized carbons (Fsp3) is 0.381. The number of carbonyl (C=O) groups is 1. The topological polar surface area (TPSA) is 26.3 Å². The van der Waals surface area contributed by atoms with Gasteiger partial charge in [-0.05, 0) is 36.3 Å². The molecule has 2 atom stereocenters. The Hall–Kier alpha value is -1.93. The molecular weight excluding hydrogens is 284 g/mol. The fourth-order valence-electron chi connectivity index (χ4n) is 2.78. The van der Waals surface area contributed by atoms with E-state index in [2.05, 4.69) is 31.2 Å². The predicted octanol–water partition coefficient (Wildman–Crippen LogP) is 4.68. The van der Waals surface area contributed by atoms with Crippen LogP contribution in [0.2, 0.25) is 0 Å². The highest BCUT2D eigenvalue weighted by Crippen LogP contribution is 2.17. The van der Waals surface area contributed by atoms with E-state index < -0.39 is 0 Å². The first-order valence-corrected chi connectivity index (χ1v) is 8.39. The minimum atomic E-state index is 0.116. The molecule has 0 aromatic heterocycles. The van der Waals surface area contributed by atoms with Crippen LogP contribution >= 0.6 is 0 Å². The van der Waals surface area contributed by atoms with Crippen molar-refractivity contribution in [2.24, 2.45) is 11.8 Å². The Kier molecular flexibility index (Phi) is 7.55. The minimum absolute atomic E-state index is 0.116. The zero-order valence-corrected chi connectivity index (χ0v) is 13.9. The van der Waals surface area contributed by atoms with Crippen LogP contribution in [0.3, 0.4) is 0 Å². The molecule has 0 spiro atoms. The van der Waals surface area contributed by atoms with Crippen LogP contribution in [-0.4, -0.2) is 12.9 Å². The summed E-state index contributed by atoms with van der Waals surface area (Å²) in [5, 5.41) is 0. The Morgan fingerprint density at radius 2 is 1.57 bits per heavy atom. The zero-order valence-electron chi connectivity index (χ0n) is 13.9. The fourth-order valence-corrected chi connectivity index (χ4v) is 2.78. The van der Waals surface area contributed by atoms with Gasteiger partial charge in [-0.25, -0.2) is 0 Å². The van der Waals surface area contributed by atoms with Crippen LogP contribution in [0.25, 0.3) is 0 Å². The number of aldehydes is 1. The van der Waals surface area contributed by atoms with Crippen molar-refractivity contribution in [1.82, 2.24) is 0 Å². The summed E-state index contributed by atoms with van der Waals surface area (Å²) in [7, 11) is 0. The quantitative estimate of drug-likeness (QED) is 0.596. The Morgan fingerprint density at radius 1 is 0.957 bits per heavy atom. The molecule has 1 unspecified atom stereocenters. The van der Waals surface area contributed by atoms with E-state index in [4.69, 9.17) is 4.74 Å². The standard InChI is InChI=1S/C21H26O2/c1-18(16-23-17-20-10-6-3-7-11-20)14-21(15-22)13-12-19-8-4-2-5-9-19/h2-11,15,18,21H,12-14,16-17H2,1H3/t18?,21-/m1/s1. The third-order valence-corrected chi connectivity index (χ3v) is 4.06. The van der Waals surface area contributed by atoms with Gasteiger partial charge in [0.05, 0.1) is 6.61 Å². The van der Waals surface area contributed by atoms with E-state index in [9.17, 15) is 4.79 Å². The largest absolute Gasteiger partial charge is 0.376 e. The highest BCUT2D eigenvalue weighted by molar-refractivity contribution is 5.53. The molecule has 0 bridgehead atoms. The molecule has 2 aromatic carbocycles. The van der Waals surface area contributed by atoms with Crippen LogP contribution in [0.1, 0.15) is 30.9 Å². The van der Waals surface area contributed by atoms with Gasteiger partial charge in [0.1, 0.15) is 6.29 Å². The molecule has 2 aromatic rings. The van der Waals surface area contributed by atoms with Crippen LogP contribution in [0, 0.1) is 11.8 Å². The van der Waals surface area contributed by atoms with Crippen molar-refractivity contribution >= 4 is 6.29 Å². The molecular formula is C21H26O2. The van der Waals surface area contributed by atoms with E-state index in [1.165, 1.54) is 11.1 Å². The third kappa shape index (κ3) is 6.79. The number of hydrogen-bond donors (Lipinski definition) is 0. The maximum atomic E-state index is 11.3. The van der Waals surface area contributed by atoms with E-state index >= 15 is 0 Å². The minimum Gasteiger partial charge on any atom is -0.376 e. The average Bonchev–Trinajstić information content (AvgIpc) is 2.60. The van der Waals surface area contributed by atoms with Crippen molar-refractivity contribution in [3.8, 4) is 0 Å². The second-order valence-electron chi connectivity index (χ2n) is 6.26. The molecule has 0 amide bonds. The van der Waals surface area contributed by atoms with Gasteiger partial charge >= 0.3 is 0 Å². The number of rotatable bonds is 10. The number of benzene rings is 2. The highest BCUT2D eigenvalue weighted by atomic mass is 16.5. The van der Waals surface area contributed by atoms with Crippen molar-refractivity contribution in [3.63, 3.8) is 0 Å². The van der Waals surface area contributed by atoms with Gasteiger partial charge in [0.25, 0.3) is 0 Å². The van der Waals surface area contributed by atoms with Crippen LogP contribution < -0.4 is 0 Å². The Bertz CT molecular complexity index is 551. The molecule has 122 valence electrons. The van der Waals surface area contributed by atoms with Crippen LogP contribution in [0.15, 0.2) is 60.7 Å². The summed E-state index contributed by atoms with van der Waals surface area (Å²) in [5.74, 6) is 0.509. The first-order chi connectivity index (χ1) is 11.3. The van der Waals surface area contributed by atoms with Gasteiger partial charge in [-0.3, -0.25) is 0 Å². The highest BCUT2D eigenvalue weighted by Gasteiger charge is 2.13. The predicted molar refractivity (Wildman–Crippen MR) is 94.2 cm³/mol. The van der Waals surface area contributed by atoms with E-state index in [1.54, 1.807) is 0 Å². The normalized spacial score (nSPS) is 13.4. The van der Waals surface area contributed by atoms with E-state index in [0.717, 1.165) is 25.5 Å². The number of ether oxygens (including phenoxy) is 1. The van der Waals surface area contributed by atoms with E-state index in [-0.39, 0.29) is 5.92 Å². The van der Waals surface area contributed by atoms with E-state index in [0.29, 0.717) is 19.1 Å². The van der Waals surface area contributed by atoms with Gasteiger partial charge in [-0.1, -0.05) is 67.6 Å². The summed E-state index contributed by atoms with van der Waals surface area (Å²) in [4.78, 5) is 11.3. The van der Waals surface area contributed by atoms with Gasteiger partial charge in [-0.15, -0.1) is 0 Å². The maximum absolute atomic E-state index is 11.3. The number of aryl methyl sites for hydroxylation is 1. The molecule has 0 radical (unpaired) electrons. The smallest absolute Gasteiger partial charge is 0.123 e. The lowest BCUT2D eigenvalue weighted by Gasteiger charge is -2.16. The second-order valence-corrected chi connectivity index (χ2v) is 6.26. The van der Waals surface area contributed by atoms with Crippen molar-refractivity contribution in [1.29, 1.82) is 0 Å². The lowest BCUT2D eigenvalue weighted by molar-refractivity contribution is -0.111. The van der Waals surface area contributed by atoms with Crippen LogP contribution in [-0.2, 0) is 22.6 Å². The molecule has 0 heterocycles. The molecule has 0 saturated carbocycles. The Labute approximate surface area is 139 Å². The van der Waals surface area contributed by atoms with Crippen molar-refractivity contribution in [2.45, 2.75) is 32.8 Å². The summed E-state index contributed by atoms with van der Waals surface area (Å²) in [5.41, 5.74) is 2.49. The second kappa shape index (κ2) is 9.96. The van der Waals surface area contributed by atoms with Gasteiger partial charge in [0.15, 0.2) is 0 Å². The first-order valence-electron chi connectivity index (χ1n) is 8.39. The zero-order chi connectivity index (χ0) is 16.3. The van der Waals surface area contributed by atoms with Gasteiger partial charge < -0.3 is 9.53 Å². The molecule has 0 N–H and O–H groups in total. The molecule has 2 nitrogen and oxygen atoms in total. The molecule has 0 aliphatic rings. The molecule has 2 rings (SSSR count). The summed E-state index contributed by atoms with van der Waals surface area (Å²) >= 11 is 0. The van der Waals surface area contributed by atoms with E-state index in [1.807, 2.05) is 36.4 Å². The van der Waals surface area contributed by atoms with Crippen LogP contribution in [0.5, 0.6) is 0 Å². The van der Waals surface area contributed by atoms with Crippen LogP contribution in [0.4, 0.5) is 0 Å². The molecule has 0 aliphatic heterocycles. The SMILES string of the molecule is CC(COCc1ccccc1)C[C@H](C=O)CCc1ccccc1. The monoisotopic (exact) mass is 310 g/mol. The number of carbonyl (C=O) groups excluding carboxylic acids is 1. The molecule has 2 heteroatoms. The lowest BCUT2D eigenvalue weighted by Crippen LogP contribution is -2.14. The van der Waals surface area contributed by atoms with Crippen molar-refractivity contribution in [2.75, 3.05) is 6.61 Å². The van der Waals surface area contributed by atoms with Crippen molar-refractivity contribution in [3.05, 3.63) is 71.8 Å². The summed E-state index contributed by atoms with van der Waals surface area (Å²) in [6.07, 6.45) is 3.88. The first kappa shape index (κ1) is 17.4. The summed E-state index contributed by atoms with van der Waals surface area (Å²) in [6.45, 7) is 3.50. The average molecular weight is 310 g/mol. The Morgan fingerprint density at radius 3 is 2.17 bits per heavy atom. The Balaban J connectivity index is 1.67. The molecule has 23 heavy (non-hydrogen) atoms. The van der Waals surface area contributed by atoms with Gasteiger partial charge in [-0.2, -0.15) is 0 Å². The maximum Gasteiger partial charge on any atom is 0.123 e. The van der Waals surface area contributed by atoms with Crippen molar-refractivity contribution < 1.29 is 9.53 Å². The third-order valence-electron chi connectivity index (χ3n) is 4.06. The summed E-state index contributed by atoms with van der Waals surface area (Å²) in [6, 6.07) is 20.5. The summed E-state index contributed by atoms with van der Waals surface area (Å²) < 4.78 is 5.77. The molecule has 0 fully saturated rings. The van der Waals surface area contributed by atoms with Gasteiger partial charge in [0.2, 0.25) is 0 Å². The lowest BCUT2D eigenvalue weighted by atomic mass is 9.92. The molecule has 0 aliphatic carbocycles.